The lowest BCUT2D eigenvalue weighted by Gasteiger charge is -2.33. The van der Waals surface area contributed by atoms with E-state index in [-0.39, 0.29) is 0 Å². The number of carbonyl (C=O) groups is 3. The molecule has 0 aromatic heterocycles. The maximum atomic E-state index is 12.7. The molecule has 1 unspecified atom stereocenters. The summed E-state index contributed by atoms with van der Waals surface area (Å²) in [6, 6.07) is 6.04. The highest BCUT2D eigenvalue weighted by Gasteiger charge is 2.53. The first-order valence-corrected chi connectivity index (χ1v) is 9.08. The molecule has 1 spiro atoms. The first-order chi connectivity index (χ1) is 12.3. The number of carbonyl (C=O) groups excluding carboxylic acids is 3. The Hall–Kier alpha value is -2.28. The molecule has 1 aromatic carbocycles. The van der Waals surface area contributed by atoms with E-state index in [0.717, 1.165) is 17.9 Å². The molecule has 1 aliphatic heterocycles. The van der Waals surface area contributed by atoms with Gasteiger partial charge in [-0.2, -0.15) is 5.01 Å². The van der Waals surface area contributed by atoms with E-state index in [1.165, 1.54) is 6.92 Å². The first kappa shape index (κ1) is 18.5. The van der Waals surface area contributed by atoms with E-state index in [9.17, 15) is 14.4 Å². The summed E-state index contributed by atoms with van der Waals surface area (Å²) in [6.45, 7) is 3.66. The summed E-state index contributed by atoms with van der Waals surface area (Å²) in [4.78, 5) is 37.3. The normalized spacial score (nSPS) is 26.6. The number of rotatable bonds is 4. The van der Waals surface area contributed by atoms with Crippen molar-refractivity contribution in [3.8, 4) is 5.75 Å². The van der Waals surface area contributed by atoms with E-state index in [0.29, 0.717) is 29.5 Å². The number of benzene rings is 1. The largest absolute Gasteiger partial charge is 0.481 e. The molecule has 0 bridgehead atoms. The van der Waals surface area contributed by atoms with Gasteiger partial charge in [0.15, 0.2) is 6.10 Å². The average molecular weight is 380 g/mol. The highest BCUT2D eigenvalue weighted by Crippen LogP contribution is 2.35. The summed E-state index contributed by atoms with van der Waals surface area (Å²) in [5.41, 5.74) is 1.48. The molecular weight excluding hydrogens is 358 g/mol. The topological polar surface area (TPSA) is 87.7 Å². The van der Waals surface area contributed by atoms with Crippen molar-refractivity contribution in [2.75, 3.05) is 0 Å². The van der Waals surface area contributed by atoms with Gasteiger partial charge in [0, 0.05) is 5.02 Å². The second kappa shape index (κ2) is 7.15. The van der Waals surface area contributed by atoms with Crippen molar-refractivity contribution in [1.29, 1.82) is 0 Å². The lowest BCUT2D eigenvalue weighted by molar-refractivity contribution is -0.142. The molecular formula is C18H22ClN3O4. The fourth-order valence-electron chi connectivity index (χ4n) is 3.31. The fourth-order valence-corrected chi connectivity index (χ4v) is 3.49. The molecule has 7 nitrogen and oxygen atoms in total. The number of nitrogens with zero attached hydrogens (tertiary/aromatic N) is 1. The molecule has 2 N–H and O–H groups in total. The molecule has 1 aromatic rings. The van der Waals surface area contributed by atoms with E-state index >= 15 is 0 Å². The quantitative estimate of drug-likeness (QED) is 0.787. The van der Waals surface area contributed by atoms with Crippen molar-refractivity contribution in [3.05, 3.63) is 29.3 Å². The highest BCUT2D eigenvalue weighted by atomic mass is 35.5. The van der Waals surface area contributed by atoms with Gasteiger partial charge < -0.3 is 10.1 Å². The van der Waals surface area contributed by atoms with Crippen LogP contribution >= 0.6 is 11.6 Å². The Morgan fingerprint density at radius 2 is 2.08 bits per heavy atom. The van der Waals surface area contributed by atoms with Crippen molar-refractivity contribution in [1.82, 2.24) is 15.8 Å². The van der Waals surface area contributed by atoms with Crippen LogP contribution in [0.5, 0.6) is 5.75 Å². The third kappa shape index (κ3) is 3.62. The van der Waals surface area contributed by atoms with Crippen LogP contribution in [-0.4, -0.2) is 34.5 Å². The van der Waals surface area contributed by atoms with Gasteiger partial charge in [-0.1, -0.05) is 24.6 Å². The first-order valence-electron chi connectivity index (χ1n) is 8.70. The van der Waals surface area contributed by atoms with Crippen molar-refractivity contribution in [2.24, 2.45) is 5.92 Å². The third-order valence-corrected chi connectivity index (χ3v) is 5.22. The fraction of sp³-hybridized carbons (Fsp3) is 0.500. The number of hydrogen-bond acceptors (Lipinski definition) is 4. The second-order valence-electron chi connectivity index (χ2n) is 7.03. The molecule has 1 aliphatic carbocycles. The van der Waals surface area contributed by atoms with Gasteiger partial charge in [-0.15, -0.1) is 0 Å². The van der Waals surface area contributed by atoms with Gasteiger partial charge in [-0.05, 0) is 56.7 Å². The van der Waals surface area contributed by atoms with E-state index in [2.05, 4.69) is 17.7 Å². The maximum Gasteiger partial charge on any atom is 0.344 e. The Kier molecular flexibility index (Phi) is 5.09. The van der Waals surface area contributed by atoms with Crippen LogP contribution in [-0.2, 0) is 9.59 Å². The highest BCUT2D eigenvalue weighted by molar-refractivity contribution is 6.30. The van der Waals surface area contributed by atoms with Gasteiger partial charge >= 0.3 is 6.03 Å². The summed E-state index contributed by atoms with van der Waals surface area (Å²) < 4.78 is 5.52. The predicted octanol–water partition coefficient (Wildman–Crippen LogP) is 2.64. The molecule has 8 heteroatoms. The number of halogens is 1. The van der Waals surface area contributed by atoms with E-state index in [1.807, 2.05) is 0 Å². The Labute approximate surface area is 157 Å². The average Bonchev–Trinajstić information content (AvgIpc) is 2.82. The van der Waals surface area contributed by atoms with Crippen LogP contribution in [0.2, 0.25) is 5.02 Å². The van der Waals surface area contributed by atoms with Crippen LogP contribution in [0.4, 0.5) is 4.79 Å². The van der Waals surface area contributed by atoms with Gasteiger partial charge in [0.05, 0.1) is 0 Å². The number of imide groups is 1. The van der Waals surface area contributed by atoms with Crippen LogP contribution in [0.1, 0.15) is 39.5 Å². The molecule has 2 fully saturated rings. The summed E-state index contributed by atoms with van der Waals surface area (Å²) in [7, 11) is 0. The molecule has 140 valence electrons. The van der Waals surface area contributed by atoms with Crippen molar-refractivity contribution in [3.63, 3.8) is 0 Å². The van der Waals surface area contributed by atoms with Gasteiger partial charge in [0.25, 0.3) is 11.8 Å². The van der Waals surface area contributed by atoms with Gasteiger partial charge in [-0.25, -0.2) is 4.79 Å². The van der Waals surface area contributed by atoms with Crippen LogP contribution in [0.3, 0.4) is 0 Å². The number of hydrogen-bond donors (Lipinski definition) is 2. The standard InChI is InChI=1S/C18H22ClN3O4/c1-11-6-8-18(9-7-11)16(24)22(17(25)20-18)21-15(23)12(2)26-14-5-3-4-13(19)10-14/h3-5,10-12H,6-9H2,1-2H3,(H,20,25)(H,21,23). The third-order valence-electron chi connectivity index (χ3n) is 4.99. The summed E-state index contributed by atoms with van der Waals surface area (Å²) in [5, 5.41) is 4.01. The minimum atomic E-state index is -0.906. The zero-order valence-corrected chi connectivity index (χ0v) is 15.5. The minimum absolute atomic E-state index is 0.405. The maximum absolute atomic E-state index is 12.7. The van der Waals surface area contributed by atoms with Crippen LogP contribution in [0, 0.1) is 5.92 Å². The van der Waals surface area contributed by atoms with E-state index < -0.39 is 29.5 Å². The second-order valence-corrected chi connectivity index (χ2v) is 7.47. The van der Waals surface area contributed by atoms with Crippen LogP contribution in [0.25, 0.3) is 0 Å². The minimum Gasteiger partial charge on any atom is -0.481 e. The molecule has 3 rings (SSSR count). The van der Waals surface area contributed by atoms with Crippen LogP contribution in [0.15, 0.2) is 24.3 Å². The molecule has 4 amide bonds. The van der Waals surface area contributed by atoms with Crippen molar-refractivity contribution < 1.29 is 19.1 Å². The SMILES string of the molecule is CC1CCC2(CC1)NC(=O)N(NC(=O)C(C)Oc1cccc(Cl)c1)C2=O. The molecule has 1 saturated heterocycles. The number of hydrazine groups is 1. The number of urea groups is 1. The number of amides is 4. The Bertz CT molecular complexity index is 731. The van der Waals surface area contributed by atoms with Gasteiger partial charge in [0.2, 0.25) is 0 Å². The van der Waals surface area contributed by atoms with Gasteiger partial charge in [0.1, 0.15) is 11.3 Å². The Morgan fingerprint density at radius 3 is 2.73 bits per heavy atom. The summed E-state index contributed by atoms with van der Waals surface area (Å²) in [5.74, 6) is -0.0393. The summed E-state index contributed by atoms with van der Waals surface area (Å²) in [6.07, 6.45) is 1.99. The molecule has 1 saturated carbocycles. The van der Waals surface area contributed by atoms with E-state index in [4.69, 9.17) is 16.3 Å². The lowest BCUT2D eigenvalue weighted by Crippen LogP contribution is -2.53. The zero-order chi connectivity index (χ0) is 18.9. The number of nitrogens with one attached hydrogen (secondary N) is 2. The van der Waals surface area contributed by atoms with Gasteiger partial charge in [-0.3, -0.25) is 15.0 Å². The van der Waals surface area contributed by atoms with E-state index in [1.54, 1.807) is 24.3 Å². The molecule has 1 heterocycles. The lowest BCUT2D eigenvalue weighted by atomic mass is 9.77. The zero-order valence-electron chi connectivity index (χ0n) is 14.8. The Balaban J connectivity index is 1.63. The molecule has 0 radical (unpaired) electrons. The smallest absolute Gasteiger partial charge is 0.344 e. The molecule has 1 atom stereocenters. The monoisotopic (exact) mass is 379 g/mol. The van der Waals surface area contributed by atoms with Crippen molar-refractivity contribution >= 4 is 29.4 Å². The summed E-state index contributed by atoms with van der Waals surface area (Å²) >= 11 is 5.89. The number of ether oxygens (including phenoxy) is 1. The molecule has 2 aliphatic rings. The molecule has 26 heavy (non-hydrogen) atoms. The Morgan fingerprint density at radius 1 is 1.38 bits per heavy atom. The predicted molar refractivity (Wildman–Crippen MR) is 95.4 cm³/mol. The van der Waals surface area contributed by atoms with Crippen molar-refractivity contribution in [2.45, 2.75) is 51.2 Å². The van der Waals surface area contributed by atoms with Crippen LogP contribution < -0.4 is 15.5 Å².